The molecule has 1 aliphatic heterocycles. The normalized spacial score (nSPS) is 17.8. The number of hydrogen-bond donors (Lipinski definition) is 0. The van der Waals surface area contributed by atoms with Crippen molar-refractivity contribution in [3.05, 3.63) is 63.4 Å². The maximum absolute atomic E-state index is 13.4. The summed E-state index contributed by atoms with van der Waals surface area (Å²) >= 11 is 0. The van der Waals surface area contributed by atoms with Crippen molar-refractivity contribution in [2.24, 2.45) is 0 Å². The standard InChI is InChI=1S/C25H28N4O4/c1-4-28-14-20(24(31)29-9-10-32-25(2,3)15-29)22(30)19-13-21(26-27-23(19)28)33-18-11-16-7-5-6-8-17(16)12-18/h5-8,13-14,18H,4,9-12,15H2,1-3H3. The zero-order valence-electron chi connectivity index (χ0n) is 19.2. The minimum Gasteiger partial charge on any atom is -0.473 e. The molecule has 1 saturated heterocycles. The zero-order chi connectivity index (χ0) is 23.2. The van der Waals surface area contributed by atoms with Crippen LogP contribution < -0.4 is 10.2 Å². The zero-order valence-corrected chi connectivity index (χ0v) is 19.2. The van der Waals surface area contributed by atoms with Crippen LogP contribution in [0, 0.1) is 0 Å². The van der Waals surface area contributed by atoms with Crippen LogP contribution in [0.1, 0.15) is 42.3 Å². The van der Waals surface area contributed by atoms with E-state index in [9.17, 15) is 9.59 Å². The molecule has 0 unspecified atom stereocenters. The monoisotopic (exact) mass is 448 g/mol. The Morgan fingerprint density at radius 2 is 1.94 bits per heavy atom. The predicted octanol–water partition coefficient (Wildman–Crippen LogP) is 2.61. The highest BCUT2D eigenvalue weighted by Crippen LogP contribution is 2.26. The molecule has 1 amide bonds. The molecule has 1 fully saturated rings. The van der Waals surface area contributed by atoms with E-state index < -0.39 is 5.60 Å². The smallest absolute Gasteiger partial charge is 0.259 e. The number of rotatable bonds is 4. The molecule has 0 saturated carbocycles. The lowest BCUT2D eigenvalue weighted by Crippen LogP contribution is -2.51. The van der Waals surface area contributed by atoms with E-state index >= 15 is 0 Å². The third-order valence-electron chi connectivity index (χ3n) is 6.38. The lowest BCUT2D eigenvalue weighted by molar-refractivity contribution is -0.0764. The van der Waals surface area contributed by atoms with Crippen molar-refractivity contribution in [2.75, 3.05) is 19.7 Å². The van der Waals surface area contributed by atoms with Gasteiger partial charge >= 0.3 is 0 Å². The predicted molar refractivity (Wildman–Crippen MR) is 124 cm³/mol. The Morgan fingerprint density at radius 3 is 2.61 bits per heavy atom. The molecule has 0 spiro atoms. The van der Waals surface area contributed by atoms with Crippen molar-refractivity contribution in [2.45, 2.75) is 51.9 Å². The summed E-state index contributed by atoms with van der Waals surface area (Å²) in [6.07, 6.45) is 3.13. The molecule has 33 heavy (non-hydrogen) atoms. The third-order valence-corrected chi connectivity index (χ3v) is 6.38. The van der Waals surface area contributed by atoms with Crippen LogP contribution in [0.3, 0.4) is 0 Å². The number of aryl methyl sites for hydroxylation is 1. The average molecular weight is 449 g/mol. The first-order chi connectivity index (χ1) is 15.8. The van der Waals surface area contributed by atoms with Crippen molar-refractivity contribution in [1.82, 2.24) is 19.7 Å². The van der Waals surface area contributed by atoms with Gasteiger partial charge in [0.2, 0.25) is 11.3 Å². The Hall–Kier alpha value is -3.26. The first-order valence-electron chi connectivity index (χ1n) is 11.4. The van der Waals surface area contributed by atoms with E-state index in [1.165, 1.54) is 11.1 Å². The summed E-state index contributed by atoms with van der Waals surface area (Å²) in [7, 11) is 0. The second kappa shape index (κ2) is 8.26. The average Bonchev–Trinajstić information content (AvgIpc) is 3.21. The Kier molecular flexibility index (Phi) is 5.40. The largest absolute Gasteiger partial charge is 0.473 e. The van der Waals surface area contributed by atoms with Gasteiger partial charge in [0.1, 0.15) is 11.7 Å². The highest BCUT2D eigenvalue weighted by Gasteiger charge is 2.32. The maximum Gasteiger partial charge on any atom is 0.259 e. The molecule has 8 heteroatoms. The fraction of sp³-hybridized carbons (Fsp3) is 0.440. The molecule has 2 aromatic heterocycles. The molecular formula is C25H28N4O4. The second-order valence-electron chi connectivity index (χ2n) is 9.33. The van der Waals surface area contributed by atoms with Crippen molar-refractivity contribution in [1.29, 1.82) is 0 Å². The molecule has 3 heterocycles. The van der Waals surface area contributed by atoms with E-state index in [0.717, 1.165) is 12.8 Å². The van der Waals surface area contributed by atoms with Gasteiger partial charge in [0.25, 0.3) is 5.91 Å². The quantitative estimate of drug-likeness (QED) is 0.610. The van der Waals surface area contributed by atoms with Crippen LogP contribution in [0.15, 0.2) is 41.3 Å². The molecule has 1 aliphatic carbocycles. The van der Waals surface area contributed by atoms with E-state index in [-0.39, 0.29) is 23.0 Å². The second-order valence-corrected chi connectivity index (χ2v) is 9.33. The Morgan fingerprint density at radius 1 is 1.21 bits per heavy atom. The Labute approximate surface area is 192 Å². The fourth-order valence-corrected chi connectivity index (χ4v) is 4.75. The molecule has 0 radical (unpaired) electrons. The third kappa shape index (κ3) is 4.11. The fourth-order valence-electron chi connectivity index (χ4n) is 4.75. The number of hydrogen-bond acceptors (Lipinski definition) is 6. The molecule has 5 rings (SSSR count). The lowest BCUT2D eigenvalue weighted by atomic mass is 10.1. The van der Waals surface area contributed by atoms with Crippen LogP contribution in [-0.2, 0) is 24.1 Å². The van der Waals surface area contributed by atoms with Crippen molar-refractivity contribution < 1.29 is 14.3 Å². The van der Waals surface area contributed by atoms with Gasteiger partial charge < -0.3 is 18.9 Å². The number of aromatic nitrogens is 3. The van der Waals surface area contributed by atoms with Gasteiger partial charge in [0.15, 0.2) is 5.65 Å². The van der Waals surface area contributed by atoms with Crippen molar-refractivity contribution in [3.8, 4) is 5.88 Å². The van der Waals surface area contributed by atoms with Crippen LogP contribution >= 0.6 is 0 Å². The van der Waals surface area contributed by atoms with Gasteiger partial charge in [-0.25, -0.2) is 0 Å². The molecular weight excluding hydrogens is 420 g/mol. The summed E-state index contributed by atoms with van der Waals surface area (Å²) < 4.78 is 13.6. The van der Waals surface area contributed by atoms with Crippen molar-refractivity contribution >= 4 is 16.9 Å². The minimum atomic E-state index is -0.445. The number of benzene rings is 1. The number of morpholine rings is 1. The van der Waals surface area contributed by atoms with Gasteiger partial charge in [0, 0.05) is 44.7 Å². The first-order valence-corrected chi connectivity index (χ1v) is 11.4. The Balaban J connectivity index is 1.47. The molecule has 0 bridgehead atoms. The molecule has 8 nitrogen and oxygen atoms in total. The van der Waals surface area contributed by atoms with Gasteiger partial charge in [-0.3, -0.25) is 9.59 Å². The first kappa shape index (κ1) is 21.6. The molecule has 2 aliphatic rings. The molecule has 0 atom stereocenters. The number of fused-ring (bicyclic) bond motifs is 2. The van der Waals surface area contributed by atoms with E-state index in [4.69, 9.17) is 9.47 Å². The van der Waals surface area contributed by atoms with Gasteiger partial charge in [-0.05, 0) is 31.9 Å². The number of carbonyl (C=O) groups is 1. The van der Waals surface area contributed by atoms with Gasteiger partial charge in [-0.2, -0.15) is 0 Å². The van der Waals surface area contributed by atoms with Crippen LogP contribution in [0.25, 0.3) is 11.0 Å². The van der Waals surface area contributed by atoms with E-state index in [0.29, 0.717) is 43.2 Å². The van der Waals surface area contributed by atoms with E-state index in [1.807, 2.05) is 32.9 Å². The van der Waals surface area contributed by atoms with Gasteiger partial charge in [0.05, 0.1) is 17.6 Å². The summed E-state index contributed by atoms with van der Waals surface area (Å²) in [4.78, 5) is 28.4. The highest BCUT2D eigenvalue weighted by atomic mass is 16.5. The number of ether oxygens (including phenoxy) is 2. The number of nitrogens with zero attached hydrogens (tertiary/aromatic N) is 4. The van der Waals surface area contributed by atoms with Gasteiger partial charge in [-0.1, -0.05) is 24.3 Å². The summed E-state index contributed by atoms with van der Waals surface area (Å²) in [6, 6.07) is 9.89. The Bertz CT molecular complexity index is 1260. The summed E-state index contributed by atoms with van der Waals surface area (Å²) in [5.41, 5.74) is 2.33. The number of amides is 1. The molecule has 172 valence electrons. The van der Waals surface area contributed by atoms with Crippen molar-refractivity contribution in [3.63, 3.8) is 0 Å². The lowest BCUT2D eigenvalue weighted by Gasteiger charge is -2.38. The minimum absolute atomic E-state index is 0.0528. The number of carbonyl (C=O) groups excluding carboxylic acids is 1. The summed E-state index contributed by atoms with van der Waals surface area (Å²) in [5, 5.41) is 8.85. The SMILES string of the molecule is CCn1cc(C(=O)N2CCOC(C)(C)C2)c(=O)c2cc(OC3Cc4ccccc4C3)nnc21. The summed E-state index contributed by atoms with van der Waals surface area (Å²) in [6.45, 7) is 7.71. The molecule has 3 aromatic rings. The molecule has 0 N–H and O–H groups in total. The van der Waals surface area contributed by atoms with Gasteiger partial charge in [-0.15, -0.1) is 10.2 Å². The van der Waals surface area contributed by atoms with E-state index in [2.05, 4.69) is 22.3 Å². The van der Waals surface area contributed by atoms with Crippen LogP contribution in [0.5, 0.6) is 5.88 Å². The number of pyridine rings is 1. The molecule has 1 aromatic carbocycles. The van der Waals surface area contributed by atoms with Crippen LogP contribution in [0.2, 0.25) is 0 Å². The van der Waals surface area contributed by atoms with Crippen LogP contribution in [-0.4, -0.2) is 57.0 Å². The summed E-state index contributed by atoms with van der Waals surface area (Å²) in [5.74, 6) is 0.0168. The van der Waals surface area contributed by atoms with E-state index in [1.54, 1.807) is 21.7 Å². The maximum atomic E-state index is 13.4. The van der Waals surface area contributed by atoms with Crippen LogP contribution in [0.4, 0.5) is 0 Å². The topological polar surface area (TPSA) is 86.5 Å². The highest BCUT2D eigenvalue weighted by molar-refractivity contribution is 5.97.